The molecule has 4 aromatic rings. The molecule has 1 heterocycles. The highest BCUT2D eigenvalue weighted by molar-refractivity contribution is 7.86. The zero-order valence-corrected chi connectivity index (χ0v) is 23.2. The van der Waals surface area contributed by atoms with Crippen LogP contribution in [0.4, 0.5) is 0 Å². The first-order chi connectivity index (χ1) is 18.6. The Bertz CT molecular complexity index is 1630. The average molecular weight is 544 g/mol. The van der Waals surface area contributed by atoms with E-state index in [4.69, 9.17) is 4.28 Å². The Kier molecular flexibility index (Phi) is 6.96. The molecule has 5 rings (SSSR count). The van der Waals surface area contributed by atoms with Crippen LogP contribution in [0.2, 0.25) is 0 Å². The van der Waals surface area contributed by atoms with Gasteiger partial charge in [-0.2, -0.15) is 8.42 Å². The zero-order chi connectivity index (χ0) is 27.8. The minimum atomic E-state index is -4.07. The molecule has 2 N–H and O–H groups in total. The van der Waals surface area contributed by atoms with E-state index in [2.05, 4.69) is 16.0 Å². The topological polar surface area (TPSA) is 101 Å². The molecule has 1 saturated carbocycles. The van der Waals surface area contributed by atoms with E-state index in [1.54, 1.807) is 44.4 Å². The van der Waals surface area contributed by atoms with E-state index >= 15 is 0 Å². The largest absolute Gasteiger partial charge is 0.343 e. The minimum Gasteiger partial charge on any atom is -0.343 e. The van der Waals surface area contributed by atoms with Crippen LogP contribution in [0.3, 0.4) is 0 Å². The maximum absolute atomic E-state index is 13.2. The Morgan fingerprint density at radius 3 is 2.23 bits per heavy atom. The van der Waals surface area contributed by atoms with E-state index in [-0.39, 0.29) is 16.3 Å². The summed E-state index contributed by atoms with van der Waals surface area (Å²) in [4.78, 5) is 14.5. The van der Waals surface area contributed by atoms with E-state index in [1.165, 1.54) is 4.79 Å². The first-order valence-corrected chi connectivity index (χ1v) is 14.1. The van der Waals surface area contributed by atoms with Crippen LogP contribution in [0.5, 0.6) is 0 Å². The number of hydrogen-bond donors (Lipinski definition) is 2. The number of carbonyl (C=O) groups excluding carboxylic acids is 1. The Morgan fingerprint density at radius 2 is 1.62 bits per heavy atom. The lowest BCUT2D eigenvalue weighted by Gasteiger charge is -2.18. The number of hydrogen-bond acceptors (Lipinski definition) is 6. The molecule has 0 bridgehead atoms. The Balaban J connectivity index is 1.30. The highest BCUT2D eigenvalue weighted by Gasteiger charge is 2.45. The second kappa shape index (κ2) is 10.2. The predicted molar refractivity (Wildman–Crippen MR) is 148 cm³/mol. The van der Waals surface area contributed by atoms with Gasteiger partial charge < -0.3 is 5.32 Å². The SMILES string of the molecule is Cc1cc(C)c(S(=O)(=O)ON[n+]2ccc(-c3cc(C(=O)NC4(c5ccccc5)CC4)ccc3C)cn2)c(C)c1. The molecule has 1 amide bonds. The molecule has 9 heteroatoms. The van der Waals surface area contributed by atoms with Crippen molar-refractivity contribution in [3.05, 3.63) is 113 Å². The molecule has 1 aliphatic carbocycles. The monoisotopic (exact) mass is 543 g/mol. The van der Waals surface area contributed by atoms with Crippen molar-refractivity contribution in [3.8, 4) is 11.1 Å². The van der Waals surface area contributed by atoms with Gasteiger partial charge in [0, 0.05) is 22.3 Å². The third-order valence-corrected chi connectivity index (χ3v) is 8.49. The van der Waals surface area contributed by atoms with Crippen molar-refractivity contribution >= 4 is 16.0 Å². The fraction of sp³-hybridized carbons (Fsp3) is 0.233. The minimum absolute atomic E-state index is 0.126. The number of aromatic nitrogens is 2. The Labute approximate surface area is 228 Å². The highest BCUT2D eigenvalue weighted by atomic mass is 32.2. The molecule has 0 spiro atoms. The van der Waals surface area contributed by atoms with E-state index in [1.807, 2.05) is 62.4 Å². The molecule has 8 nitrogen and oxygen atoms in total. The van der Waals surface area contributed by atoms with Crippen LogP contribution in [-0.2, 0) is 19.9 Å². The first kappa shape index (κ1) is 26.5. The van der Waals surface area contributed by atoms with Crippen molar-refractivity contribution in [2.75, 3.05) is 5.59 Å². The summed E-state index contributed by atoms with van der Waals surface area (Å²) in [7, 11) is -4.07. The van der Waals surface area contributed by atoms with E-state index in [0.717, 1.165) is 40.7 Å². The van der Waals surface area contributed by atoms with E-state index in [9.17, 15) is 13.2 Å². The zero-order valence-electron chi connectivity index (χ0n) is 22.4. The van der Waals surface area contributed by atoms with Crippen LogP contribution >= 0.6 is 0 Å². The van der Waals surface area contributed by atoms with Crippen molar-refractivity contribution < 1.29 is 22.3 Å². The number of rotatable bonds is 8. The first-order valence-electron chi connectivity index (χ1n) is 12.7. The van der Waals surface area contributed by atoms with Gasteiger partial charge in [-0.3, -0.25) is 4.79 Å². The summed E-state index contributed by atoms with van der Waals surface area (Å²) in [5.74, 6) is -0.126. The molecular formula is C30H31N4O4S+. The molecule has 0 aliphatic heterocycles. The van der Waals surface area contributed by atoms with Crippen molar-refractivity contribution in [1.29, 1.82) is 0 Å². The van der Waals surface area contributed by atoms with Crippen LogP contribution in [0, 0.1) is 27.7 Å². The van der Waals surface area contributed by atoms with Gasteiger partial charge >= 0.3 is 10.1 Å². The summed E-state index contributed by atoms with van der Waals surface area (Å²) in [6, 6.07) is 21.0. The lowest BCUT2D eigenvalue weighted by Crippen LogP contribution is -2.48. The summed E-state index contributed by atoms with van der Waals surface area (Å²) < 4.78 is 30.7. The maximum atomic E-state index is 13.2. The number of aryl methyl sites for hydroxylation is 4. The number of carbonyl (C=O) groups is 1. The van der Waals surface area contributed by atoms with Crippen LogP contribution in [0.1, 0.15) is 51.0 Å². The van der Waals surface area contributed by atoms with Crippen molar-refractivity contribution in [1.82, 2.24) is 10.4 Å². The van der Waals surface area contributed by atoms with Gasteiger partial charge in [0.05, 0.1) is 10.3 Å². The summed E-state index contributed by atoms with van der Waals surface area (Å²) in [5.41, 5.74) is 8.56. The summed E-state index contributed by atoms with van der Waals surface area (Å²) in [6.07, 6.45) is 4.97. The smallest absolute Gasteiger partial charge is 0.322 e. The molecule has 0 saturated heterocycles. The summed E-state index contributed by atoms with van der Waals surface area (Å²) in [5, 5.41) is 7.47. The van der Waals surface area contributed by atoms with E-state index < -0.39 is 10.1 Å². The van der Waals surface area contributed by atoms with Gasteiger partial charge in [-0.15, -0.1) is 0 Å². The fourth-order valence-corrected chi connectivity index (χ4v) is 6.16. The average Bonchev–Trinajstić information content (AvgIpc) is 3.68. The van der Waals surface area contributed by atoms with Gasteiger partial charge in [-0.25, -0.2) is 0 Å². The van der Waals surface area contributed by atoms with Crippen LogP contribution in [-0.4, -0.2) is 19.4 Å². The molecule has 1 fully saturated rings. The molecule has 1 aromatic heterocycles. The van der Waals surface area contributed by atoms with Crippen molar-refractivity contribution in [3.63, 3.8) is 0 Å². The van der Waals surface area contributed by atoms with Crippen molar-refractivity contribution in [2.45, 2.75) is 51.0 Å². The van der Waals surface area contributed by atoms with Crippen LogP contribution in [0.15, 0.2) is 84.0 Å². The van der Waals surface area contributed by atoms with Gasteiger partial charge in [0.2, 0.25) is 6.20 Å². The highest BCUT2D eigenvalue weighted by Crippen LogP contribution is 2.45. The molecule has 0 unspecified atom stereocenters. The summed E-state index contributed by atoms with van der Waals surface area (Å²) in [6.45, 7) is 7.35. The molecule has 200 valence electrons. The quantitative estimate of drug-likeness (QED) is 0.250. The third kappa shape index (κ3) is 5.55. The van der Waals surface area contributed by atoms with Gasteiger partial charge in [0.1, 0.15) is 11.1 Å². The number of nitrogens with one attached hydrogen (secondary N) is 2. The second-order valence-electron chi connectivity index (χ2n) is 10.1. The lowest BCUT2D eigenvalue weighted by atomic mass is 9.98. The van der Waals surface area contributed by atoms with Gasteiger partial charge in [-0.1, -0.05) is 58.4 Å². The molecule has 1 aliphatic rings. The molecule has 0 radical (unpaired) electrons. The van der Waals surface area contributed by atoms with Gasteiger partial charge in [0.25, 0.3) is 5.91 Å². The Morgan fingerprint density at radius 1 is 0.923 bits per heavy atom. The number of nitrogens with zero attached hydrogens (tertiary/aromatic N) is 2. The van der Waals surface area contributed by atoms with Crippen LogP contribution < -0.4 is 15.7 Å². The number of amides is 1. The lowest BCUT2D eigenvalue weighted by molar-refractivity contribution is -0.731. The van der Waals surface area contributed by atoms with Crippen molar-refractivity contribution in [2.24, 2.45) is 0 Å². The van der Waals surface area contributed by atoms with Gasteiger partial charge in [-0.05, 0) is 86.1 Å². The fourth-order valence-electron chi connectivity index (χ4n) is 4.99. The van der Waals surface area contributed by atoms with Gasteiger partial charge in [0.15, 0.2) is 0 Å². The number of benzene rings is 3. The molecule has 3 aromatic carbocycles. The van der Waals surface area contributed by atoms with E-state index in [0.29, 0.717) is 16.7 Å². The standard InChI is InChI=1S/C30H30N4O4S/c1-20-16-22(3)28(23(4)17-20)39(36,37)38-33-34-15-12-25(19-31-34)27-18-24(11-10-21(27)2)29(35)32-30(13-14-30)26-8-6-5-7-9-26/h5-12,15-19H,13-14H2,1-4H3,(H-,31,32,33,35)/p+1. The maximum Gasteiger partial charge on any atom is 0.322 e. The Hall–Kier alpha value is -4.08. The predicted octanol–water partition coefficient (Wildman–Crippen LogP) is 4.55. The van der Waals surface area contributed by atoms with Crippen LogP contribution in [0.25, 0.3) is 11.1 Å². The molecule has 0 atom stereocenters. The molecule has 39 heavy (non-hydrogen) atoms. The second-order valence-corrected chi connectivity index (χ2v) is 11.6. The molecular weight excluding hydrogens is 512 g/mol. The normalized spacial score (nSPS) is 14.1. The third-order valence-electron chi connectivity index (χ3n) is 7.05. The summed E-state index contributed by atoms with van der Waals surface area (Å²) >= 11 is 0.